The quantitative estimate of drug-likeness (QED) is 0.650. The largest absolute Gasteiger partial charge is 0.458 e. The molecule has 0 saturated heterocycles. The van der Waals surface area contributed by atoms with Crippen LogP contribution in [-0.4, -0.2) is 11.0 Å². The average Bonchev–Trinajstić information content (AvgIpc) is 2.96. The molecule has 0 bridgehead atoms. The molecule has 0 aliphatic rings. The van der Waals surface area contributed by atoms with Gasteiger partial charge < -0.3 is 4.74 Å². The highest BCUT2D eigenvalue weighted by atomic mass is 32.1. The predicted octanol–water partition coefficient (Wildman–Crippen LogP) is 4.53. The number of aryl methyl sites for hydroxylation is 1. The summed E-state index contributed by atoms with van der Waals surface area (Å²) in [7, 11) is 0. The molecule has 0 N–H and O–H groups in total. The summed E-state index contributed by atoms with van der Waals surface area (Å²) >= 11 is 1.64. The van der Waals surface area contributed by atoms with Crippen LogP contribution in [0.4, 0.5) is 0 Å². The lowest BCUT2D eigenvalue weighted by Gasteiger charge is -2.13. The van der Waals surface area contributed by atoms with Gasteiger partial charge in [-0.1, -0.05) is 42.5 Å². The minimum atomic E-state index is -0.218. The van der Waals surface area contributed by atoms with Crippen molar-refractivity contribution in [2.24, 2.45) is 0 Å². The number of thiazole rings is 1. The number of benzene rings is 2. The van der Waals surface area contributed by atoms with E-state index in [2.05, 4.69) is 4.98 Å². The molecule has 0 fully saturated rings. The summed E-state index contributed by atoms with van der Waals surface area (Å²) in [4.78, 5) is 16.5. The monoisotopic (exact) mass is 311 g/mol. The fourth-order valence-electron chi connectivity index (χ4n) is 2.28. The zero-order valence-electron chi connectivity index (χ0n) is 12.4. The smallest absolute Gasteiger partial charge is 0.306 e. The van der Waals surface area contributed by atoms with Crippen LogP contribution in [0, 0.1) is 0 Å². The van der Waals surface area contributed by atoms with Gasteiger partial charge in [-0.3, -0.25) is 4.79 Å². The number of carbonyl (C=O) groups is 1. The molecule has 0 spiro atoms. The van der Waals surface area contributed by atoms with Crippen molar-refractivity contribution in [3.63, 3.8) is 0 Å². The van der Waals surface area contributed by atoms with E-state index in [4.69, 9.17) is 4.74 Å². The van der Waals surface area contributed by atoms with E-state index in [0.29, 0.717) is 12.8 Å². The molecule has 0 radical (unpaired) electrons. The molecule has 0 amide bonds. The Morgan fingerprint density at radius 1 is 1.14 bits per heavy atom. The third-order valence-corrected chi connectivity index (χ3v) is 4.55. The first-order valence-electron chi connectivity index (χ1n) is 7.31. The van der Waals surface area contributed by atoms with Crippen LogP contribution in [0.5, 0.6) is 0 Å². The molecule has 1 atom stereocenters. The lowest BCUT2D eigenvalue weighted by molar-refractivity contribution is -0.148. The van der Waals surface area contributed by atoms with Crippen molar-refractivity contribution in [3.8, 4) is 0 Å². The van der Waals surface area contributed by atoms with Gasteiger partial charge in [-0.05, 0) is 24.6 Å². The van der Waals surface area contributed by atoms with E-state index in [9.17, 15) is 4.79 Å². The minimum absolute atomic E-state index is 0.185. The lowest BCUT2D eigenvalue weighted by atomic mass is 10.1. The Morgan fingerprint density at radius 3 is 2.64 bits per heavy atom. The third-order valence-electron chi connectivity index (χ3n) is 3.46. The Balaban J connectivity index is 1.56. The molecule has 22 heavy (non-hydrogen) atoms. The van der Waals surface area contributed by atoms with Crippen molar-refractivity contribution in [2.75, 3.05) is 0 Å². The van der Waals surface area contributed by atoms with Crippen LogP contribution < -0.4 is 0 Å². The normalized spacial score (nSPS) is 12.2. The Morgan fingerprint density at radius 2 is 1.86 bits per heavy atom. The number of carbonyl (C=O) groups excluding carboxylic acids is 1. The molecule has 1 unspecified atom stereocenters. The van der Waals surface area contributed by atoms with E-state index in [1.54, 1.807) is 11.3 Å². The minimum Gasteiger partial charge on any atom is -0.458 e. The van der Waals surface area contributed by atoms with Gasteiger partial charge in [-0.25, -0.2) is 4.98 Å². The summed E-state index contributed by atoms with van der Waals surface area (Å²) in [6.45, 7) is 1.89. The molecule has 2 aromatic carbocycles. The Labute approximate surface area is 133 Å². The van der Waals surface area contributed by atoms with E-state index in [1.165, 1.54) is 0 Å². The van der Waals surface area contributed by atoms with Crippen LogP contribution in [0.25, 0.3) is 10.2 Å². The number of fused-ring (bicyclic) bond motifs is 1. The Kier molecular flexibility index (Phi) is 4.49. The maximum absolute atomic E-state index is 12.0. The zero-order valence-corrected chi connectivity index (χ0v) is 13.2. The number of esters is 1. The van der Waals surface area contributed by atoms with E-state index >= 15 is 0 Å². The predicted molar refractivity (Wildman–Crippen MR) is 88.9 cm³/mol. The van der Waals surface area contributed by atoms with Gasteiger partial charge in [0.05, 0.1) is 21.6 Å². The molecule has 3 rings (SSSR count). The first-order valence-corrected chi connectivity index (χ1v) is 8.13. The molecule has 1 aromatic heterocycles. The molecule has 0 aliphatic carbocycles. The van der Waals surface area contributed by atoms with Gasteiger partial charge in [0.1, 0.15) is 6.10 Å². The number of hydrogen-bond acceptors (Lipinski definition) is 4. The Hall–Kier alpha value is -2.20. The van der Waals surface area contributed by atoms with Gasteiger partial charge in [0.25, 0.3) is 0 Å². The number of ether oxygens (including phenoxy) is 1. The van der Waals surface area contributed by atoms with Crippen molar-refractivity contribution >= 4 is 27.5 Å². The highest BCUT2D eigenvalue weighted by Crippen LogP contribution is 2.23. The molecule has 112 valence electrons. The number of para-hydroxylation sites is 1. The highest BCUT2D eigenvalue weighted by molar-refractivity contribution is 7.18. The highest BCUT2D eigenvalue weighted by Gasteiger charge is 2.12. The zero-order chi connectivity index (χ0) is 15.4. The molecule has 0 aliphatic heterocycles. The van der Waals surface area contributed by atoms with E-state index in [0.717, 1.165) is 20.8 Å². The van der Waals surface area contributed by atoms with E-state index in [1.807, 2.05) is 61.5 Å². The maximum atomic E-state index is 12.0. The van der Waals surface area contributed by atoms with Gasteiger partial charge >= 0.3 is 5.97 Å². The molecule has 3 nitrogen and oxygen atoms in total. The summed E-state index contributed by atoms with van der Waals surface area (Å²) in [5.74, 6) is -0.185. The summed E-state index contributed by atoms with van der Waals surface area (Å²) in [6.07, 6.45) is 0.764. The first kappa shape index (κ1) is 14.7. The van der Waals surface area contributed by atoms with Gasteiger partial charge in [-0.15, -0.1) is 11.3 Å². The van der Waals surface area contributed by atoms with Gasteiger partial charge in [0.2, 0.25) is 0 Å². The summed E-state index contributed by atoms with van der Waals surface area (Å²) in [6, 6.07) is 17.8. The van der Waals surface area contributed by atoms with Crippen molar-refractivity contribution in [1.29, 1.82) is 0 Å². The van der Waals surface area contributed by atoms with Crippen molar-refractivity contribution in [1.82, 2.24) is 4.98 Å². The second kappa shape index (κ2) is 6.71. The molecule has 3 aromatic rings. The van der Waals surface area contributed by atoms with Crippen LogP contribution >= 0.6 is 11.3 Å². The topological polar surface area (TPSA) is 39.2 Å². The van der Waals surface area contributed by atoms with E-state index in [-0.39, 0.29) is 12.1 Å². The van der Waals surface area contributed by atoms with Gasteiger partial charge in [0.15, 0.2) is 0 Å². The number of hydrogen-bond donors (Lipinski definition) is 0. The molecule has 0 saturated carbocycles. The summed E-state index contributed by atoms with van der Waals surface area (Å²) in [5.41, 5.74) is 2.00. The first-order chi connectivity index (χ1) is 10.7. The van der Waals surface area contributed by atoms with Crippen molar-refractivity contribution in [3.05, 3.63) is 65.2 Å². The van der Waals surface area contributed by atoms with Crippen LogP contribution in [0.15, 0.2) is 54.6 Å². The van der Waals surface area contributed by atoms with E-state index < -0.39 is 0 Å². The van der Waals surface area contributed by atoms with Crippen molar-refractivity contribution < 1.29 is 9.53 Å². The molecular formula is C18H17NO2S. The van der Waals surface area contributed by atoms with Gasteiger partial charge in [0, 0.05) is 6.42 Å². The summed E-state index contributed by atoms with van der Waals surface area (Å²) in [5, 5.41) is 0.977. The lowest BCUT2D eigenvalue weighted by Crippen LogP contribution is -2.09. The fraction of sp³-hybridized carbons (Fsp3) is 0.222. The van der Waals surface area contributed by atoms with Crippen LogP contribution in [0.3, 0.4) is 0 Å². The standard InChI is InChI=1S/C18H17NO2S/c1-13(14-7-3-2-4-8-14)21-18(20)12-11-17-19-15-9-5-6-10-16(15)22-17/h2-10,13H,11-12H2,1H3. The van der Waals surface area contributed by atoms with Crippen LogP contribution in [-0.2, 0) is 16.0 Å². The van der Waals surface area contributed by atoms with Crippen LogP contribution in [0.2, 0.25) is 0 Å². The SMILES string of the molecule is CC(OC(=O)CCc1nc2ccccc2s1)c1ccccc1. The second-order valence-electron chi connectivity index (χ2n) is 5.12. The maximum Gasteiger partial charge on any atom is 0.306 e. The number of nitrogens with zero attached hydrogens (tertiary/aromatic N) is 1. The molecule has 1 heterocycles. The summed E-state index contributed by atoms with van der Waals surface area (Å²) < 4.78 is 6.63. The number of aromatic nitrogens is 1. The molecular weight excluding hydrogens is 294 g/mol. The van der Waals surface area contributed by atoms with Crippen LogP contribution in [0.1, 0.15) is 30.0 Å². The van der Waals surface area contributed by atoms with Gasteiger partial charge in [-0.2, -0.15) is 0 Å². The number of rotatable bonds is 5. The third kappa shape index (κ3) is 3.52. The van der Waals surface area contributed by atoms with Crippen molar-refractivity contribution in [2.45, 2.75) is 25.9 Å². The average molecular weight is 311 g/mol. The second-order valence-corrected chi connectivity index (χ2v) is 6.23. The Bertz CT molecular complexity index is 734. The fourth-order valence-corrected chi connectivity index (χ4v) is 3.25. The molecule has 4 heteroatoms.